The fourth-order valence-corrected chi connectivity index (χ4v) is 2.74. The maximum Gasteiger partial charge on any atom is 0.238 e. The van der Waals surface area contributed by atoms with Crippen LogP contribution in [-0.2, 0) is 21.1 Å². The van der Waals surface area contributed by atoms with E-state index in [4.69, 9.17) is 0 Å². The highest BCUT2D eigenvalue weighted by Gasteiger charge is 2.32. The molecule has 0 aromatic heterocycles. The van der Waals surface area contributed by atoms with Crippen LogP contribution in [0.15, 0.2) is 30.3 Å². The van der Waals surface area contributed by atoms with E-state index in [1.54, 1.807) is 0 Å². The van der Waals surface area contributed by atoms with Crippen molar-refractivity contribution in [3.63, 3.8) is 0 Å². The molecule has 0 saturated heterocycles. The van der Waals surface area contributed by atoms with Crippen molar-refractivity contribution in [1.29, 1.82) is 0 Å². The Morgan fingerprint density at radius 1 is 1.19 bits per heavy atom. The summed E-state index contributed by atoms with van der Waals surface area (Å²) in [5.41, 5.74) is 0.719. The fraction of sp³-hybridized carbons (Fsp3) is 0.562. The molecule has 0 aliphatic carbocycles. The minimum atomic E-state index is -3.47. The van der Waals surface area contributed by atoms with Gasteiger partial charge in [-0.2, -0.15) is 0 Å². The van der Waals surface area contributed by atoms with Crippen LogP contribution in [0.4, 0.5) is 0 Å². The van der Waals surface area contributed by atoms with E-state index in [0.29, 0.717) is 0 Å². The minimum Gasteiger partial charge on any atom is -0.352 e. The van der Waals surface area contributed by atoms with E-state index in [1.165, 1.54) is 0 Å². The summed E-state index contributed by atoms with van der Waals surface area (Å²) in [6.07, 6.45) is 1.31. The molecule has 1 amide bonds. The van der Waals surface area contributed by atoms with Crippen molar-refractivity contribution < 1.29 is 13.2 Å². The van der Waals surface area contributed by atoms with Gasteiger partial charge in [0.25, 0.3) is 0 Å². The zero-order chi connectivity index (χ0) is 16.3. The largest absolute Gasteiger partial charge is 0.352 e. The van der Waals surface area contributed by atoms with E-state index in [-0.39, 0.29) is 17.9 Å². The van der Waals surface area contributed by atoms with Crippen LogP contribution in [0.5, 0.6) is 0 Å². The Labute approximate surface area is 127 Å². The van der Waals surface area contributed by atoms with Gasteiger partial charge in [0.05, 0.1) is 0 Å². The first-order valence-corrected chi connectivity index (χ1v) is 9.00. The molecule has 0 heterocycles. The van der Waals surface area contributed by atoms with Crippen molar-refractivity contribution in [3.05, 3.63) is 35.9 Å². The molecular formula is C16H25NO3S. The Balaban J connectivity index is 2.92. The lowest BCUT2D eigenvalue weighted by Crippen LogP contribution is -2.48. The van der Waals surface area contributed by atoms with Crippen molar-refractivity contribution in [2.24, 2.45) is 5.41 Å². The number of nitrogens with one attached hydrogen (secondary N) is 1. The average molecular weight is 311 g/mol. The molecule has 2 atom stereocenters. The summed E-state index contributed by atoms with van der Waals surface area (Å²) in [6.45, 7) is 7.90. The van der Waals surface area contributed by atoms with Crippen LogP contribution < -0.4 is 5.32 Å². The van der Waals surface area contributed by atoms with Gasteiger partial charge in [-0.3, -0.25) is 4.79 Å². The topological polar surface area (TPSA) is 63.2 Å². The first-order chi connectivity index (χ1) is 9.51. The van der Waals surface area contributed by atoms with Crippen LogP contribution in [0.1, 0.15) is 33.3 Å². The summed E-state index contributed by atoms with van der Waals surface area (Å²) in [7, 11) is -3.47. The molecular weight excluding hydrogens is 286 g/mol. The number of benzene rings is 1. The second-order valence-electron chi connectivity index (χ2n) is 6.60. The quantitative estimate of drug-likeness (QED) is 0.906. The highest BCUT2D eigenvalue weighted by Crippen LogP contribution is 2.19. The number of hydrogen-bond acceptors (Lipinski definition) is 3. The normalized spacial score (nSPS) is 15.3. The monoisotopic (exact) mass is 311 g/mol. The predicted molar refractivity (Wildman–Crippen MR) is 85.8 cm³/mol. The van der Waals surface area contributed by atoms with Crippen LogP contribution in [0.3, 0.4) is 0 Å². The number of carbonyl (C=O) groups excluding carboxylic acids is 1. The van der Waals surface area contributed by atoms with Crippen LogP contribution in [0, 0.1) is 5.41 Å². The second-order valence-corrected chi connectivity index (χ2v) is 8.83. The molecule has 1 aromatic rings. The molecule has 5 heteroatoms. The van der Waals surface area contributed by atoms with E-state index in [1.807, 2.05) is 58.0 Å². The lowest BCUT2D eigenvalue weighted by molar-refractivity contribution is -0.122. The Morgan fingerprint density at radius 2 is 1.71 bits per heavy atom. The van der Waals surface area contributed by atoms with E-state index in [9.17, 15) is 13.2 Å². The third-order valence-corrected chi connectivity index (χ3v) is 5.15. The summed E-state index contributed by atoms with van der Waals surface area (Å²) in [5.74, 6) is -0.427. The Hall–Kier alpha value is -1.36. The molecule has 1 rings (SSSR count). The number of rotatable bonds is 5. The van der Waals surface area contributed by atoms with Gasteiger partial charge in [-0.15, -0.1) is 0 Å². The van der Waals surface area contributed by atoms with E-state index in [2.05, 4.69) is 5.32 Å². The van der Waals surface area contributed by atoms with E-state index < -0.39 is 21.0 Å². The summed E-state index contributed by atoms with van der Waals surface area (Å²) in [4.78, 5) is 12.4. The van der Waals surface area contributed by atoms with Crippen LogP contribution in [0.2, 0.25) is 0 Å². The molecule has 0 unspecified atom stereocenters. The highest BCUT2D eigenvalue weighted by atomic mass is 32.2. The van der Waals surface area contributed by atoms with Crippen molar-refractivity contribution in [1.82, 2.24) is 5.32 Å². The summed E-state index contributed by atoms with van der Waals surface area (Å²) >= 11 is 0. The van der Waals surface area contributed by atoms with Crippen LogP contribution in [0.25, 0.3) is 0 Å². The Bertz CT molecular complexity index is 573. The zero-order valence-corrected chi connectivity index (χ0v) is 14.2. The van der Waals surface area contributed by atoms with Gasteiger partial charge in [0, 0.05) is 12.3 Å². The van der Waals surface area contributed by atoms with Crippen molar-refractivity contribution in [3.8, 4) is 0 Å². The van der Waals surface area contributed by atoms with Gasteiger partial charge in [-0.05, 0) is 24.3 Å². The van der Waals surface area contributed by atoms with Gasteiger partial charge < -0.3 is 5.32 Å². The number of hydrogen-bond donors (Lipinski definition) is 1. The standard InChI is InChI=1S/C16H25NO3S/c1-12(16(2,3)4)17-15(18)14(21(5,19)20)11-13-9-7-6-8-10-13/h6-10,12,14H,11H2,1-5H3,(H,17,18)/t12-,14-/m1/s1. The van der Waals surface area contributed by atoms with Gasteiger partial charge in [-0.1, -0.05) is 51.1 Å². The molecule has 0 fully saturated rings. The molecule has 0 spiro atoms. The fourth-order valence-electron chi connectivity index (χ4n) is 1.79. The highest BCUT2D eigenvalue weighted by molar-refractivity contribution is 7.92. The maximum absolute atomic E-state index is 12.4. The van der Waals surface area contributed by atoms with Gasteiger partial charge in [0.2, 0.25) is 5.91 Å². The lowest BCUT2D eigenvalue weighted by atomic mass is 9.88. The minimum absolute atomic E-state index is 0.106. The zero-order valence-electron chi connectivity index (χ0n) is 13.4. The average Bonchev–Trinajstić information content (AvgIpc) is 2.34. The van der Waals surface area contributed by atoms with Gasteiger partial charge in [0.1, 0.15) is 5.25 Å². The van der Waals surface area contributed by atoms with Gasteiger partial charge >= 0.3 is 0 Å². The van der Waals surface area contributed by atoms with Crippen molar-refractivity contribution >= 4 is 15.7 Å². The van der Waals surface area contributed by atoms with Gasteiger partial charge in [-0.25, -0.2) is 8.42 Å². The predicted octanol–water partition coefficient (Wildman–Crippen LogP) is 2.19. The SMILES string of the molecule is C[C@@H](NC(=O)[C@@H](Cc1ccccc1)S(C)(=O)=O)C(C)(C)C. The van der Waals surface area contributed by atoms with E-state index in [0.717, 1.165) is 11.8 Å². The molecule has 0 aliphatic heterocycles. The molecule has 118 valence electrons. The third kappa shape index (κ3) is 5.50. The van der Waals surface area contributed by atoms with Crippen molar-refractivity contribution in [2.45, 2.75) is 45.4 Å². The molecule has 4 nitrogen and oxygen atoms in total. The number of sulfone groups is 1. The molecule has 1 aromatic carbocycles. The molecule has 21 heavy (non-hydrogen) atoms. The number of amides is 1. The summed E-state index contributed by atoms with van der Waals surface area (Å²) in [5, 5.41) is 1.78. The third-order valence-electron chi connectivity index (χ3n) is 3.73. The molecule has 1 N–H and O–H groups in total. The lowest BCUT2D eigenvalue weighted by Gasteiger charge is -2.29. The first-order valence-electron chi connectivity index (χ1n) is 7.05. The maximum atomic E-state index is 12.4. The summed E-state index contributed by atoms with van der Waals surface area (Å²) in [6, 6.07) is 9.09. The molecule has 0 bridgehead atoms. The molecule has 0 radical (unpaired) electrons. The van der Waals surface area contributed by atoms with Gasteiger partial charge in [0.15, 0.2) is 9.84 Å². The molecule has 0 saturated carbocycles. The summed E-state index contributed by atoms with van der Waals surface area (Å²) < 4.78 is 23.9. The Kier molecular flexibility index (Phi) is 5.56. The molecule has 0 aliphatic rings. The van der Waals surface area contributed by atoms with Crippen LogP contribution >= 0.6 is 0 Å². The first kappa shape index (κ1) is 17.7. The Morgan fingerprint density at radius 3 is 2.14 bits per heavy atom. The van der Waals surface area contributed by atoms with Crippen LogP contribution in [-0.4, -0.2) is 31.9 Å². The van der Waals surface area contributed by atoms with E-state index >= 15 is 0 Å². The smallest absolute Gasteiger partial charge is 0.238 e. The van der Waals surface area contributed by atoms with Crippen molar-refractivity contribution in [2.75, 3.05) is 6.26 Å². The second kappa shape index (κ2) is 6.60. The number of carbonyl (C=O) groups is 1.